The average Bonchev–Trinajstić information content (AvgIpc) is 3.07. The number of carboxylic acid groups (broad SMARTS) is 1. The first-order valence-corrected chi connectivity index (χ1v) is 9.58. The van der Waals surface area contributed by atoms with Crippen LogP contribution in [0.2, 0.25) is 5.02 Å². The van der Waals surface area contributed by atoms with Gasteiger partial charge in [0.05, 0.1) is 19.3 Å². The van der Waals surface area contributed by atoms with Crippen molar-refractivity contribution >= 4 is 17.6 Å². The maximum Gasteiger partial charge on any atom is 0.323 e. The summed E-state index contributed by atoms with van der Waals surface area (Å²) in [4.78, 5) is 17.3. The van der Waals surface area contributed by atoms with E-state index < -0.39 is 30.1 Å². The van der Waals surface area contributed by atoms with Crippen molar-refractivity contribution in [3.63, 3.8) is 0 Å². The highest BCUT2D eigenvalue weighted by atomic mass is 35.5. The van der Waals surface area contributed by atoms with Gasteiger partial charge in [-0.2, -0.15) is 5.06 Å². The molecule has 0 aromatic heterocycles. The Morgan fingerprint density at radius 1 is 1.14 bits per heavy atom. The van der Waals surface area contributed by atoms with E-state index in [9.17, 15) is 20.1 Å². The number of halogens is 1. The van der Waals surface area contributed by atoms with Gasteiger partial charge in [-0.15, -0.1) is 0 Å². The van der Waals surface area contributed by atoms with E-state index in [1.807, 2.05) is 36.4 Å². The third-order valence-corrected chi connectivity index (χ3v) is 5.07. The third kappa shape index (κ3) is 5.15. The minimum Gasteiger partial charge on any atom is -0.480 e. The van der Waals surface area contributed by atoms with Crippen LogP contribution < -0.4 is 0 Å². The lowest BCUT2D eigenvalue weighted by atomic mass is 9.92. The van der Waals surface area contributed by atoms with Crippen LogP contribution in [0.5, 0.6) is 0 Å². The molecule has 29 heavy (non-hydrogen) atoms. The van der Waals surface area contributed by atoms with Crippen molar-refractivity contribution in [1.29, 1.82) is 0 Å². The van der Waals surface area contributed by atoms with Crippen molar-refractivity contribution in [2.45, 2.75) is 31.7 Å². The highest BCUT2D eigenvalue weighted by Crippen LogP contribution is 2.31. The smallest absolute Gasteiger partial charge is 0.323 e. The number of aliphatic carboxylic acids is 1. The molecule has 1 heterocycles. The van der Waals surface area contributed by atoms with Crippen molar-refractivity contribution in [3.05, 3.63) is 70.2 Å². The van der Waals surface area contributed by atoms with Gasteiger partial charge in [0.2, 0.25) is 0 Å². The number of carboxylic acids is 1. The maximum atomic E-state index is 11.7. The minimum atomic E-state index is -1.10. The summed E-state index contributed by atoms with van der Waals surface area (Å²) >= 11 is 5.86. The number of aliphatic hydroxyl groups is 2. The number of aliphatic hydroxyl groups excluding tert-OH is 2. The lowest BCUT2D eigenvalue weighted by molar-refractivity contribution is -0.196. The monoisotopic (exact) mass is 415 g/mol. The molecular formula is C22H22ClNO5. The predicted octanol–water partition coefficient (Wildman–Crippen LogP) is 2.30. The molecule has 152 valence electrons. The first-order valence-electron chi connectivity index (χ1n) is 9.20. The second-order valence-corrected chi connectivity index (χ2v) is 7.41. The Bertz CT molecular complexity index is 902. The van der Waals surface area contributed by atoms with Crippen molar-refractivity contribution < 1.29 is 25.0 Å². The topological polar surface area (TPSA) is 90.2 Å². The molecule has 4 atom stereocenters. The van der Waals surface area contributed by atoms with E-state index >= 15 is 0 Å². The lowest BCUT2D eigenvalue weighted by Gasteiger charge is -2.21. The molecule has 0 saturated carbocycles. The van der Waals surface area contributed by atoms with Crippen molar-refractivity contribution in [3.8, 4) is 11.8 Å². The van der Waals surface area contributed by atoms with Gasteiger partial charge in [0.15, 0.2) is 0 Å². The van der Waals surface area contributed by atoms with E-state index in [0.717, 1.165) is 16.7 Å². The average molecular weight is 416 g/mol. The van der Waals surface area contributed by atoms with Gasteiger partial charge in [0.1, 0.15) is 12.1 Å². The Hall–Kier alpha value is -2.40. The molecule has 0 amide bonds. The molecule has 1 saturated heterocycles. The molecule has 0 radical (unpaired) electrons. The van der Waals surface area contributed by atoms with Crippen molar-refractivity contribution in [1.82, 2.24) is 5.06 Å². The molecule has 0 spiro atoms. The Morgan fingerprint density at radius 2 is 1.69 bits per heavy atom. The largest absolute Gasteiger partial charge is 0.480 e. The molecule has 1 aliphatic rings. The fraction of sp³-hybridized carbons (Fsp3) is 0.318. The predicted molar refractivity (Wildman–Crippen MR) is 108 cm³/mol. The quantitative estimate of drug-likeness (QED) is 0.649. The van der Waals surface area contributed by atoms with Gasteiger partial charge in [-0.25, -0.2) is 0 Å². The van der Waals surface area contributed by atoms with E-state index in [2.05, 4.69) is 11.8 Å². The Kier molecular flexibility index (Phi) is 6.91. The molecule has 0 aliphatic carbocycles. The minimum absolute atomic E-state index is 0.210. The lowest BCUT2D eigenvalue weighted by Crippen LogP contribution is -2.41. The number of nitrogens with zero attached hydrogens (tertiary/aromatic N) is 1. The SMILES string of the molecule is CC(O)C1ON(Cc2ccc(C#Cc3ccc(Cl)cc3)cc2)C(C(=O)O)C1CO. The zero-order valence-electron chi connectivity index (χ0n) is 15.8. The molecular weight excluding hydrogens is 394 g/mol. The Balaban J connectivity index is 1.72. The summed E-state index contributed by atoms with van der Waals surface area (Å²) in [5.74, 6) is 4.32. The van der Waals surface area contributed by atoms with E-state index in [4.69, 9.17) is 16.4 Å². The standard InChI is InChI=1S/C22H22ClNO5/c1-14(26)21-19(13-25)20(22(27)28)24(29-21)12-17-6-4-15(5-7-17)2-3-16-8-10-18(23)11-9-16/h4-11,14,19-21,25-26H,12-13H2,1H3,(H,27,28). The summed E-state index contributed by atoms with van der Waals surface area (Å²) < 4.78 is 0. The molecule has 3 N–H and O–H groups in total. The summed E-state index contributed by atoms with van der Waals surface area (Å²) in [7, 11) is 0. The zero-order chi connectivity index (χ0) is 21.0. The van der Waals surface area contributed by atoms with Crippen LogP contribution in [0.1, 0.15) is 23.6 Å². The second-order valence-electron chi connectivity index (χ2n) is 6.97. The first kappa shape index (κ1) is 21.3. The van der Waals surface area contributed by atoms with Gasteiger partial charge in [-0.05, 0) is 48.9 Å². The van der Waals surface area contributed by atoms with Crippen molar-refractivity contribution in [2.75, 3.05) is 6.61 Å². The fourth-order valence-corrected chi connectivity index (χ4v) is 3.46. The molecule has 1 fully saturated rings. The molecule has 3 rings (SSSR count). The van der Waals surface area contributed by atoms with Crippen LogP contribution in [0, 0.1) is 17.8 Å². The van der Waals surface area contributed by atoms with Crippen LogP contribution in [-0.4, -0.2) is 51.2 Å². The molecule has 7 heteroatoms. The normalized spacial score (nSPS) is 22.7. The number of benzene rings is 2. The molecule has 6 nitrogen and oxygen atoms in total. The van der Waals surface area contributed by atoms with Crippen LogP contribution in [-0.2, 0) is 16.2 Å². The van der Waals surface area contributed by atoms with Crippen LogP contribution >= 0.6 is 11.6 Å². The first-order chi connectivity index (χ1) is 13.9. The fourth-order valence-electron chi connectivity index (χ4n) is 3.34. The number of rotatable bonds is 5. The Morgan fingerprint density at radius 3 is 2.17 bits per heavy atom. The highest BCUT2D eigenvalue weighted by molar-refractivity contribution is 6.30. The molecule has 1 aliphatic heterocycles. The summed E-state index contributed by atoms with van der Waals surface area (Å²) in [6.45, 7) is 1.34. The van der Waals surface area contributed by atoms with Crippen LogP contribution in [0.4, 0.5) is 0 Å². The van der Waals surface area contributed by atoms with Crippen molar-refractivity contribution in [2.24, 2.45) is 5.92 Å². The van der Waals surface area contributed by atoms with Gasteiger partial charge < -0.3 is 15.3 Å². The third-order valence-electron chi connectivity index (χ3n) is 4.82. The summed E-state index contributed by atoms with van der Waals surface area (Å²) in [5, 5.41) is 31.0. The van der Waals surface area contributed by atoms with E-state index in [-0.39, 0.29) is 13.2 Å². The van der Waals surface area contributed by atoms with E-state index in [1.54, 1.807) is 12.1 Å². The summed E-state index contributed by atoms with van der Waals surface area (Å²) in [6.07, 6.45) is -1.67. The number of hydrogen-bond donors (Lipinski definition) is 3. The van der Waals surface area contributed by atoms with Gasteiger partial charge in [0, 0.05) is 22.1 Å². The molecule has 2 aromatic rings. The molecule has 0 bridgehead atoms. The van der Waals surface area contributed by atoms with E-state index in [0.29, 0.717) is 5.02 Å². The summed E-state index contributed by atoms with van der Waals surface area (Å²) in [5.41, 5.74) is 2.50. The number of hydroxylamine groups is 2. The highest BCUT2D eigenvalue weighted by Gasteiger charge is 2.48. The van der Waals surface area contributed by atoms with E-state index in [1.165, 1.54) is 12.0 Å². The van der Waals surface area contributed by atoms with Gasteiger partial charge in [-0.3, -0.25) is 9.63 Å². The molecule has 4 unspecified atom stereocenters. The van der Waals surface area contributed by atoms with Crippen LogP contribution in [0.15, 0.2) is 48.5 Å². The zero-order valence-corrected chi connectivity index (χ0v) is 16.6. The van der Waals surface area contributed by atoms with Crippen LogP contribution in [0.3, 0.4) is 0 Å². The molecule has 2 aromatic carbocycles. The number of carbonyl (C=O) groups is 1. The van der Waals surface area contributed by atoms with Gasteiger partial charge in [-0.1, -0.05) is 35.6 Å². The van der Waals surface area contributed by atoms with Gasteiger partial charge in [0.25, 0.3) is 0 Å². The van der Waals surface area contributed by atoms with Gasteiger partial charge >= 0.3 is 5.97 Å². The number of hydrogen-bond acceptors (Lipinski definition) is 5. The Labute approximate surface area is 174 Å². The maximum absolute atomic E-state index is 11.7. The second kappa shape index (κ2) is 9.40. The summed E-state index contributed by atoms with van der Waals surface area (Å²) in [6, 6.07) is 13.6. The van der Waals surface area contributed by atoms with Crippen LogP contribution in [0.25, 0.3) is 0 Å².